The Bertz CT molecular complexity index is 633. The molecule has 0 fully saturated rings. The predicted octanol–water partition coefficient (Wildman–Crippen LogP) is -0.953. The molecule has 2 heterocycles. The van der Waals surface area contributed by atoms with Crippen molar-refractivity contribution in [3.8, 4) is 5.82 Å². The molecule has 0 spiro atoms. The fraction of sp³-hybridized carbons (Fsp3) is 0. The molecule has 2 rings (SSSR count). The lowest BCUT2D eigenvalue weighted by Crippen LogP contribution is -2.15. The van der Waals surface area contributed by atoms with E-state index in [0.717, 1.165) is 0 Å². The second-order valence-electron chi connectivity index (χ2n) is 3.49. The molecule has 2 aromatic rings. The van der Waals surface area contributed by atoms with Crippen molar-refractivity contribution in [1.29, 1.82) is 0 Å². The monoisotopic (exact) mass is 246 g/mol. The van der Waals surface area contributed by atoms with Crippen LogP contribution in [0.5, 0.6) is 0 Å². The van der Waals surface area contributed by atoms with E-state index in [1.165, 1.54) is 16.9 Å². The highest BCUT2D eigenvalue weighted by atomic mass is 16.1. The fourth-order valence-electron chi connectivity index (χ4n) is 1.38. The van der Waals surface area contributed by atoms with Gasteiger partial charge in [-0.2, -0.15) is 5.10 Å². The highest BCUT2D eigenvalue weighted by molar-refractivity contribution is 5.95. The highest BCUT2D eigenvalue weighted by Crippen LogP contribution is 2.12. The number of primary amides is 2. The largest absolute Gasteiger partial charge is 0.396 e. The molecule has 0 aliphatic heterocycles. The van der Waals surface area contributed by atoms with Crippen LogP contribution in [-0.2, 0) is 0 Å². The molecule has 0 bridgehead atoms. The Labute approximate surface area is 101 Å². The zero-order chi connectivity index (χ0) is 13.3. The molecule has 8 heteroatoms. The molecule has 6 N–H and O–H groups in total. The standard InChI is InChI=1S/C10H10N6O2/c11-5-4-16(15-8(5)10(13)18)7-3-1-2-6(14-7)9(12)17/h1-4H,11H2,(H2,12,17)(H2,13,18). The molecular weight excluding hydrogens is 236 g/mol. The summed E-state index contributed by atoms with van der Waals surface area (Å²) in [5.74, 6) is -1.09. The molecule has 18 heavy (non-hydrogen) atoms. The number of pyridine rings is 1. The Kier molecular flexibility index (Phi) is 2.68. The van der Waals surface area contributed by atoms with E-state index in [2.05, 4.69) is 10.1 Å². The van der Waals surface area contributed by atoms with Crippen LogP contribution in [0.4, 0.5) is 5.69 Å². The third-order valence-electron chi connectivity index (χ3n) is 2.20. The molecule has 2 amide bonds. The van der Waals surface area contributed by atoms with Gasteiger partial charge in [-0.25, -0.2) is 9.67 Å². The Balaban J connectivity index is 2.49. The number of hydrogen-bond donors (Lipinski definition) is 3. The van der Waals surface area contributed by atoms with Crippen molar-refractivity contribution in [3.63, 3.8) is 0 Å². The predicted molar refractivity (Wildman–Crippen MR) is 62.8 cm³/mol. The molecule has 0 unspecified atom stereocenters. The number of carbonyl (C=O) groups excluding carboxylic acids is 2. The van der Waals surface area contributed by atoms with E-state index >= 15 is 0 Å². The van der Waals surface area contributed by atoms with Crippen LogP contribution < -0.4 is 17.2 Å². The molecule has 0 aliphatic rings. The third kappa shape index (κ3) is 1.98. The van der Waals surface area contributed by atoms with Gasteiger partial charge in [0.2, 0.25) is 0 Å². The first-order valence-corrected chi connectivity index (χ1v) is 4.91. The zero-order valence-corrected chi connectivity index (χ0v) is 9.20. The third-order valence-corrected chi connectivity index (χ3v) is 2.20. The number of carbonyl (C=O) groups is 2. The molecule has 0 aliphatic carbocycles. The SMILES string of the molecule is NC(=O)c1cccc(-n2cc(N)c(C(N)=O)n2)n1. The summed E-state index contributed by atoms with van der Waals surface area (Å²) in [5, 5.41) is 3.88. The van der Waals surface area contributed by atoms with Crippen LogP contribution in [-0.4, -0.2) is 26.6 Å². The molecule has 92 valence electrons. The minimum absolute atomic E-state index is 0.0544. The van der Waals surface area contributed by atoms with Gasteiger partial charge in [0.25, 0.3) is 11.8 Å². The minimum Gasteiger partial charge on any atom is -0.396 e. The molecule has 0 saturated carbocycles. The van der Waals surface area contributed by atoms with Gasteiger partial charge >= 0.3 is 0 Å². The first kappa shape index (κ1) is 11.6. The van der Waals surface area contributed by atoms with E-state index in [-0.39, 0.29) is 17.1 Å². The topological polar surface area (TPSA) is 143 Å². The normalized spacial score (nSPS) is 10.2. The van der Waals surface area contributed by atoms with E-state index in [4.69, 9.17) is 17.2 Å². The number of nitrogens with zero attached hydrogens (tertiary/aromatic N) is 3. The maximum absolute atomic E-state index is 11.0. The second-order valence-corrected chi connectivity index (χ2v) is 3.49. The lowest BCUT2D eigenvalue weighted by Gasteiger charge is -2.01. The quantitative estimate of drug-likeness (QED) is 0.639. The van der Waals surface area contributed by atoms with Crippen molar-refractivity contribution in [2.75, 3.05) is 5.73 Å². The van der Waals surface area contributed by atoms with Crippen LogP contribution in [0.3, 0.4) is 0 Å². The maximum Gasteiger partial charge on any atom is 0.271 e. The van der Waals surface area contributed by atoms with Gasteiger partial charge < -0.3 is 17.2 Å². The number of hydrogen-bond acceptors (Lipinski definition) is 5. The molecule has 0 aromatic carbocycles. The average molecular weight is 246 g/mol. The molecule has 0 atom stereocenters. The average Bonchev–Trinajstić information content (AvgIpc) is 2.71. The number of rotatable bonds is 3. The van der Waals surface area contributed by atoms with Crippen LogP contribution >= 0.6 is 0 Å². The summed E-state index contributed by atoms with van der Waals surface area (Å²) < 4.78 is 1.25. The first-order valence-electron chi connectivity index (χ1n) is 4.91. The number of amides is 2. The van der Waals surface area contributed by atoms with Crippen LogP contribution in [0.15, 0.2) is 24.4 Å². The summed E-state index contributed by atoms with van der Waals surface area (Å²) in [6.07, 6.45) is 1.38. The van der Waals surface area contributed by atoms with Gasteiger partial charge in [-0.3, -0.25) is 9.59 Å². The molecular formula is C10H10N6O2. The molecule has 0 radical (unpaired) electrons. The molecule has 0 saturated heterocycles. The van der Waals surface area contributed by atoms with Crippen LogP contribution in [0.25, 0.3) is 5.82 Å². The Hall–Kier alpha value is -2.90. The van der Waals surface area contributed by atoms with E-state index in [9.17, 15) is 9.59 Å². The zero-order valence-electron chi connectivity index (χ0n) is 9.20. The summed E-state index contributed by atoms with van der Waals surface area (Å²) >= 11 is 0. The van der Waals surface area contributed by atoms with Gasteiger partial charge in [0.05, 0.1) is 11.9 Å². The molecule has 8 nitrogen and oxygen atoms in total. The van der Waals surface area contributed by atoms with Crippen molar-refractivity contribution in [2.24, 2.45) is 11.5 Å². The van der Waals surface area contributed by atoms with Gasteiger partial charge in [-0.1, -0.05) is 6.07 Å². The summed E-state index contributed by atoms with van der Waals surface area (Å²) in [6, 6.07) is 4.64. The number of anilines is 1. The Morgan fingerprint density at radius 3 is 2.44 bits per heavy atom. The van der Waals surface area contributed by atoms with Crippen LogP contribution in [0.2, 0.25) is 0 Å². The Morgan fingerprint density at radius 2 is 1.89 bits per heavy atom. The summed E-state index contributed by atoms with van der Waals surface area (Å²) in [6.45, 7) is 0. The van der Waals surface area contributed by atoms with E-state index in [0.29, 0.717) is 5.82 Å². The van der Waals surface area contributed by atoms with Crippen LogP contribution in [0, 0.1) is 0 Å². The van der Waals surface area contributed by atoms with E-state index in [1.54, 1.807) is 12.1 Å². The number of aromatic nitrogens is 3. The maximum atomic E-state index is 11.0. The highest BCUT2D eigenvalue weighted by Gasteiger charge is 2.13. The number of nitrogen functional groups attached to an aromatic ring is 1. The van der Waals surface area contributed by atoms with Crippen molar-refractivity contribution in [2.45, 2.75) is 0 Å². The lowest BCUT2D eigenvalue weighted by molar-refractivity contribution is 0.0986. The van der Waals surface area contributed by atoms with E-state index < -0.39 is 11.8 Å². The summed E-state index contributed by atoms with van der Waals surface area (Å²) in [4.78, 5) is 26.0. The molecule has 2 aromatic heterocycles. The van der Waals surface area contributed by atoms with Gasteiger partial charge in [0.1, 0.15) is 5.69 Å². The van der Waals surface area contributed by atoms with Gasteiger partial charge in [-0.15, -0.1) is 0 Å². The summed E-state index contributed by atoms with van der Waals surface area (Å²) in [5.41, 5.74) is 15.9. The van der Waals surface area contributed by atoms with Crippen LogP contribution in [0.1, 0.15) is 21.0 Å². The Morgan fingerprint density at radius 1 is 1.17 bits per heavy atom. The van der Waals surface area contributed by atoms with Gasteiger partial charge in [0.15, 0.2) is 11.5 Å². The summed E-state index contributed by atoms with van der Waals surface area (Å²) in [7, 11) is 0. The minimum atomic E-state index is -0.739. The van der Waals surface area contributed by atoms with Gasteiger partial charge in [-0.05, 0) is 12.1 Å². The van der Waals surface area contributed by atoms with Crippen molar-refractivity contribution in [1.82, 2.24) is 14.8 Å². The van der Waals surface area contributed by atoms with E-state index in [1.807, 2.05) is 0 Å². The fourth-order valence-corrected chi connectivity index (χ4v) is 1.38. The second kappa shape index (κ2) is 4.17. The van der Waals surface area contributed by atoms with Crippen molar-refractivity contribution in [3.05, 3.63) is 35.8 Å². The smallest absolute Gasteiger partial charge is 0.271 e. The van der Waals surface area contributed by atoms with Crippen molar-refractivity contribution >= 4 is 17.5 Å². The lowest BCUT2D eigenvalue weighted by atomic mass is 10.3. The van der Waals surface area contributed by atoms with Crippen molar-refractivity contribution < 1.29 is 9.59 Å². The first-order chi connectivity index (χ1) is 8.49. The van der Waals surface area contributed by atoms with Gasteiger partial charge in [0, 0.05) is 0 Å². The number of nitrogens with two attached hydrogens (primary N) is 3.